The maximum Gasteiger partial charge on any atom is 0.232 e. The number of aromatic nitrogens is 2. The summed E-state index contributed by atoms with van der Waals surface area (Å²) in [4.78, 5) is 37.2. The number of rotatable bonds is 4. The summed E-state index contributed by atoms with van der Waals surface area (Å²) < 4.78 is 5.11. The van der Waals surface area contributed by atoms with Crippen LogP contribution in [-0.2, 0) is 26.3 Å². The summed E-state index contributed by atoms with van der Waals surface area (Å²) in [6, 6.07) is 0. The lowest BCUT2D eigenvalue weighted by molar-refractivity contribution is -0.133. The maximum atomic E-state index is 12.3. The number of ether oxygens (including phenoxy) is 1. The van der Waals surface area contributed by atoms with E-state index in [-0.39, 0.29) is 11.8 Å². The standard InChI is InChI=1S/C17H24N4O3/c1-11-13-10-14(23)20(8-9-24-4)15(13)19-16(18-11)17(3)6-5-7-21(17)12(2)22/h5-10H2,1-4H3/t17-/m1/s1. The quantitative estimate of drug-likeness (QED) is 0.827. The van der Waals surface area contributed by atoms with Gasteiger partial charge in [-0.2, -0.15) is 0 Å². The van der Waals surface area contributed by atoms with Crippen LogP contribution in [0, 0.1) is 6.92 Å². The Morgan fingerprint density at radius 2 is 2.12 bits per heavy atom. The third-order valence-electron chi connectivity index (χ3n) is 5.10. The second-order valence-electron chi connectivity index (χ2n) is 6.70. The lowest BCUT2D eigenvalue weighted by Crippen LogP contribution is -2.43. The van der Waals surface area contributed by atoms with Gasteiger partial charge in [0.25, 0.3) is 0 Å². The fraction of sp³-hybridized carbons (Fsp3) is 0.647. The van der Waals surface area contributed by atoms with Gasteiger partial charge in [-0.1, -0.05) is 0 Å². The molecule has 130 valence electrons. The molecule has 3 heterocycles. The molecule has 2 aliphatic rings. The Hall–Kier alpha value is -2.02. The fourth-order valence-corrected chi connectivity index (χ4v) is 3.73. The Kier molecular flexibility index (Phi) is 4.29. The highest BCUT2D eigenvalue weighted by molar-refractivity contribution is 6.00. The average molecular weight is 332 g/mol. The van der Waals surface area contributed by atoms with Crippen LogP contribution in [0.1, 0.15) is 43.8 Å². The van der Waals surface area contributed by atoms with E-state index in [1.54, 1.807) is 18.9 Å². The van der Waals surface area contributed by atoms with Gasteiger partial charge in [0.15, 0.2) is 5.82 Å². The highest BCUT2D eigenvalue weighted by atomic mass is 16.5. The summed E-state index contributed by atoms with van der Waals surface area (Å²) in [5.74, 6) is 1.36. The van der Waals surface area contributed by atoms with Crippen molar-refractivity contribution >= 4 is 17.6 Å². The summed E-state index contributed by atoms with van der Waals surface area (Å²) >= 11 is 0. The molecule has 2 aliphatic heterocycles. The van der Waals surface area contributed by atoms with E-state index in [4.69, 9.17) is 9.72 Å². The van der Waals surface area contributed by atoms with Crippen molar-refractivity contribution in [2.45, 2.75) is 45.6 Å². The number of hydrogen-bond donors (Lipinski definition) is 0. The van der Waals surface area contributed by atoms with E-state index in [0.717, 1.165) is 30.6 Å². The molecule has 0 aliphatic carbocycles. The summed E-state index contributed by atoms with van der Waals surface area (Å²) in [6.45, 7) is 7.16. The number of nitrogens with zero attached hydrogens (tertiary/aromatic N) is 4. The molecule has 0 saturated carbocycles. The number of likely N-dealkylation sites (tertiary alicyclic amines) is 1. The number of amides is 2. The molecule has 0 bridgehead atoms. The van der Waals surface area contributed by atoms with Gasteiger partial charge >= 0.3 is 0 Å². The molecule has 0 aromatic carbocycles. The van der Waals surface area contributed by atoms with Gasteiger partial charge in [0.05, 0.1) is 25.1 Å². The zero-order valence-corrected chi connectivity index (χ0v) is 14.8. The van der Waals surface area contributed by atoms with Crippen LogP contribution in [0.4, 0.5) is 5.82 Å². The molecule has 1 aromatic rings. The Morgan fingerprint density at radius 3 is 2.79 bits per heavy atom. The van der Waals surface area contributed by atoms with E-state index in [2.05, 4.69) is 4.98 Å². The van der Waals surface area contributed by atoms with Gasteiger partial charge in [0.2, 0.25) is 11.8 Å². The average Bonchev–Trinajstić information content (AvgIpc) is 3.07. The van der Waals surface area contributed by atoms with Crippen molar-refractivity contribution in [3.8, 4) is 0 Å². The van der Waals surface area contributed by atoms with Crippen molar-refractivity contribution in [3.05, 3.63) is 17.1 Å². The van der Waals surface area contributed by atoms with Gasteiger partial charge in [-0.15, -0.1) is 0 Å². The molecule has 0 unspecified atom stereocenters. The number of aryl methyl sites for hydroxylation is 1. The summed E-state index contributed by atoms with van der Waals surface area (Å²) in [6.07, 6.45) is 2.09. The van der Waals surface area contributed by atoms with Gasteiger partial charge < -0.3 is 9.64 Å². The van der Waals surface area contributed by atoms with Crippen molar-refractivity contribution < 1.29 is 14.3 Å². The van der Waals surface area contributed by atoms with Crippen LogP contribution in [0.5, 0.6) is 0 Å². The molecule has 2 amide bonds. The molecule has 0 N–H and O–H groups in total. The highest BCUT2D eigenvalue weighted by Gasteiger charge is 2.43. The van der Waals surface area contributed by atoms with Crippen LogP contribution in [0.2, 0.25) is 0 Å². The van der Waals surface area contributed by atoms with Crippen LogP contribution in [-0.4, -0.2) is 53.5 Å². The third kappa shape index (κ3) is 2.56. The maximum absolute atomic E-state index is 12.3. The van der Waals surface area contributed by atoms with E-state index >= 15 is 0 Å². The molecule has 0 spiro atoms. The van der Waals surface area contributed by atoms with Crippen molar-refractivity contribution in [1.82, 2.24) is 14.9 Å². The smallest absolute Gasteiger partial charge is 0.232 e. The third-order valence-corrected chi connectivity index (χ3v) is 5.10. The van der Waals surface area contributed by atoms with Gasteiger partial charge in [-0.05, 0) is 26.7 Å². The lowest BCUT2D eigenvalue weighted by atomic mass is 9.97. The van der Waals surface area contributed by atoms with Crippen molar-refractivity contribution in [2.24, 2.45) is 0 Å². The largest absolute Gasteiger partial charge is 0.383 e. The van der Waals surface area contributed by atoms with Crippen LogP contribution < -0.4 is 4.90 Å². The van der Waals surface area contributed by atoms with E-state index in [1.165, 1.54) is 0 Å². The van der Waals surface area contributed by atoms with E-state index in [1.807, 2.05) is 18.7 Å². The molecule has 24 heavy (non-hydrogen) atoms. The molecular weight excluding hydrogens is 308 g/mol. The summed E-state index contributed by atoms with van der Waals surface area (Å²) in [7, 11) is 1.61. The predicted octanol–water partition coefficient (Wildman–Crippen LogP) is 1.18. The summed E-state index contributed by atoms with van der Waals surface area (Å²) in [5, 5.41) is 0. The van der Waals surface area contributed by atoms with Gasteiger partial charge in [-0.3, -0.25) is 14.5 Å². The van der Waals surface area contributed by atoms with Crippen LogP contribution in [0.15, 0.2) is 0 Å². The lowest BCUT2D eigenvalue weighted by Gasteiger charge is -2.33. The second kappa shape index (κ2) is 6.12. The first-order valence-corrected chi connectivity index (χ1v) is 8.34. The minimum Gasteiger partial charge on any atom is -0.383 e. The number of fused-ring (bicyclic) bond motifs is 1. The SMILES string of the molecule is COCCN1C(=O)Cc2c(C)nc([C@@]3(C)CCCN3C(C)=O)nc21. The molecule has 3 rings (SSSR count). The topological polar surface area (TPSA) is 75.6 Å². The minimum absolute atomic E-state index is 0.0246. The monoisotopic (exact) mass is 332 g/mol. The van der Waals surface area contributed by atoms with E-state index in [9.17, 15) is 9.59 Å². The molecule has 1 atom stereocenters. The zero-order chi connectivity index (χ0) is 17.5. The first-order valence-electron chi connectivity index (χ1n) is 8.34. The second-order valence-corrected chi connectivity index (χ2v) is 6.70. The molecule has 1 fully saturated rings. The van der Waals surface area contributed by atoms with Gasteiger partial charge in [0, 0.05) is 31.8 Å². The van der Waals surface area contributed by atoms with Crippen molar-refractivity contribution in [1.29, 1.82) is 0 Å². The predicted molar refractivity (Wildman–Crippen MR) is 88.7 cm³/mol. The fourth-order valence-electron chi connectivity index (χ4n) is 3.73. The molecule has 1 saturated heterocycles. The first-order chi connectivity index (χ1) is 11.4. The molecular formula is C17H24N4O3. The number of anilines is 1. The normalized spacial score (nSPS) is 23.1. The molecule has 0 radical (unpaired) electrons. The Bertz CT molecular complexity index is 691. The van der Waals surface area contributed by atoms with Crippen molar-refractivity contribution in [2.75, 3.05) is 31.7 Å². The number of methoxy groups -OCH3 is 1. The molecule has 7 heteroatoms. The van der Waals surface area contributed by atoms with Crippen molar-refractivity contribution in [3.63, 3.8) is 0 Å². The van der Waals surface area contributed by atoms with Crippen LogP contribution in [0.25, 0.3) is 0 Å². The zero-order valence-electron chi connectivity index (χ0n) is 14.8. The summed E-state index contributed by atoms with van der Waals surface area (Å²) in [5.41, 5.74) is 1.19. The molecule has 1 aromatic heterocycles. The first kappa shape index (κ1) is 16.8. The number of hydrogen-bond acceptors (Lipinski definition) is 5. The number of carbonyl (C=O) groups excluding carboxylic acids is 2. The van der Waals surface area contributed by atoms with Gasteiger partial charge in [0.1, 0.15) is 5.82 Å². The van der Waals surface area contributed by atoms with E-state index in [0.29, 0.717) is 31.2 Å². The Morgan fingerprint density at radius 1 is 1.38 bits per heavy atom. The van der Waals surface area contributed by atoms with Crippen LogP contribution >= 0.6 is 0 Å². The Labute approximate surface area is 142 Å². The Balaban J connectivity index is 2.03. The highest BCUT2D eigenvalue weighted by Crippen LogP contribution is 2.39. The van der Waals surface area contributed by atoms with Crippen LogP contribution in [0.3, 0.4) is 0 Å². The van der Waals surface area contributed by atoms with Gasteiger partial charge in [-0.25, -0.2) is 9.97 Å². The molecule has 7 nitrogen and oxygen atoms in total. The minimum atomic E-state index is -0.510. The number of carbonyl (C=O) groups is 2. The van der Waals surface area contributed by atoms with E-state index < -0.39 is 5.54 Å².